The van der Waals surface area contributed by atoms with Gasteiger partial charge in [0.1, 0.15) is 17.1 Å². The maximum atomic E-state index is 11.9. The van der Waals surface area contributed by atoms with Crippen molar-refractivity contribution in [3.63, 3.8) is 0 Å². The molecule has 1 amide bonds. The van der Waals surface area contributed by atoms with Gasteiger partial charge in [0.2, 0.25) is 0 Å². The van der Waals surface area contributed by atoms with E-state index in [4.69, 9.17) is 4.42 Å². The minimum absolute atomic E-state index is 0.0344. The lowest BCUT2D eigenvalue weighted by atomic mass is 10.2. The number of carbonyl (C=O) groups is 1. The van der Waals surface area contributed by atoms with Crippen LogP contribution in [0.15, 0.2) is 27.6 Å². The van der Waals surface area contributed by atoms with Gasteiger partial charge >= 0.3 is 0 Å². The molecular weight excluding hydrogens is 234 g/mol. The highest BCUT2D eigenvalue weighted by atomic mass is 16.3. The summed E-state index contributed by atoms with van der Waals surface area (Å²) in [6.45, 7) is 3.53. The van der Waals surface area contributed by atoms with E-state index < -0.39 is 11.5 Å². The highest BCUT2D eigenvalue weighted by Crippen LogP contribution is 2.02. The SMILES string of the molecule is Cc1nc(C)c(C(=O)NCc2ccco2)c(=O)[nH]1. The van der Waals surface area contributed by atoms with Crippen LogP contribution in [-0.4, -0.2) is 15.9 Å². The maximum absolute atomic E-state index is 11.9. The molecule has 0 saturated heterocycles. The fourth-order valence-electron chi connectivity index (χ4n) is 1.66. The third-order valence-corrected chi connectivity index (χ3v) is 2.45. The zero-order valence-electron chi connectivity index (χ0n) is 10.1. The molecule has 94 valence electrons. The first-order chi connectivity index (χ1) is 8.58. The molecule has 0 unspecified atom stereocenters. The molecule has 0 spiro atoms. The molecule has 6 heteroatoms. The summed E-state index contributed by atoms with van der Waals surface area (Å²) in [6.07, 6.45) is 1.52. The van der Waals surface area contributed by atoms with Crippen molar-refractivity contribution < 1.29 is 9.21 Å². The van der Waals surface area contributed by atoms with Gasteiger partial charge in [-0.1, -0.05) is 0 Å². The number of carbonyl (C=O) groups excluding carboxylic acids is 1. The van der Waals surface area contributed by atoms with E-state index in [1.54, 1.807) is 26.0 Å². The number of aromatic amines is 1. The molecule has 2 N–H and O–H groups in total. The van der Waals surface area contributed by atoms with Gasteiger partial charge in [-0.15, -0.1) is 0 Å². The van der Waals surface area contributed by atoms with Crippen LogP contribution in [0.3, 0.4) is 0 Å². The standard InChI is InChI=1S/C12H13N3O3/c1-7-10(12(17)15-8(2)14-7)11(16)13-6-9-4-3-5-18-9/h3-5H,6H2,1-2H3,(H,13,16)(H,14,15,17). The first-order valence-electron chi connectivity index (χ1n) is 5.46. The molecule has 0 aliphatic carbocycles. The van der Waals surface area contributed by atoms with Gasteiger partial charge in [-0.25, -0.2) is 4.98 Å². The lowest BCUT2D eigenvalue weighted by Gasteiger charge is -2.05. The van der Waals surface area contributed by atoms with Crippen LogP contribution in [0.5, 0.6) is 0 Å². The topological polar surface area (TPSA) is 88.0 Å². The van der Waals surface area contributed by atoms with Crippen molar-refractivity contribution >= 4 is 5.91 Å². The van der Waals surface area contributed by atoms with Crippen molar-refractivity contribution in [3.8, 4) is 0 Å². The summed E-state index contributed by atoms with van der Waals surface area (Å²) in [4.78, 5) is 30.1. The summed E-state index contributed by atoms with van der Waals surface area (Å²) >= 11 is 0. The van der Waals surface area contributed by atoms with E-state index in [1.165, 1.54) is 6.26 Å². The Morgan fingerprint density at radius 1 is 1.50 bits per heavy atom. The molecule has 18 heavy (non-hydrogen) atoms. The van der Waals surface area contributed by atoms with Crippen LogP contribution < -0.4 is 10.9 Å². The molecule has 2 aromatic rings. The van der Waals surface area contributed by atoms with Gasteiger partial charge in [0.05, 0.1) is 18.5 Å². The van der Waals surface area contributed by atoms with E-state index in [9.17, 15) is 9.59 Å². The first-order valence-corrected chi connectivity index (χ1v) is 5.46. The number of rotatable bonds is 3. The number of nitrogens with zero attached hydrogens (tertiary/aromatic N) is 1. The molecule has 0 aliphatic rings. The van der Waals surface area contributed by atoms with E-state index in [0.29, 0.717) is 17.3 Å². The fraction of sp³-hybridized carbons (Fsp3) is 0.250. The number of aromatic nitrogens is 2. The highest BCUT2D eigenvalue weighted by Gasteiger charge is 2.15. The van der Waals surface area contributed by atoms with Crippen LogP contribution in [0.25, 0.3) is 0 Å². The van der Waals surface area contributed by atoms with Gasteiger partial charge in [-0.2, -0.15) is 0 Å². The Morgan fingerprint density at radius 2 is 2.28 bits per heavy atom. The first kappa shape index (κ1) is 12.1. The molecule has 0 bridgehead atoms. The lowest BCUT2D eigenvalue weighted by molar-refractivity contribution is 0.0945. The highest BCUT2D eigenvalue weighted by molar-refractivity contribution is 5.94. The second-order valence-corrected chi connectivity index (χ2v) is 3.87. The number of H-pyrrole nitrogens is 1. The van der Waals surface area contributed by atoms with Gasteiger partial charge in [-0.3, -0.25) is 9.59 Å². The maximum Gasteiger partial charge on any atom is 0.264 e. The third-order valence-electron chi connectivity index (χ3n) is 2.45. The van der Waals surface area contributed by atoms with Gasteiger partial charge < -0.3 is 14.7 Å². The molecule has 0 fully saturated rings. The summed E-state index contributed by atoms with van der Waals surface area (Å²) in [5.41, 5.74) is 0.0114. The van der Waals surface area contributed by atoms with Crippen LogP contribution in [-0.2, 0) is 6.54 Å². The van der Waals surface area contributed by atoms with Gasteiger partial charge in [0, 0.05) is 0 Å². The zero-order chi connectivity index (χ0) is 13.1. The Morgan fingerprint density at radius 3 is 2.89 bits per heavy atom. The number of hydrogen-bond acceptors (Lipinski definition) is 4. The normalized spacial score (nSPS) is 10.3. The summed E-state index contributed by atoms with van der Waals surface area (Å²) in [7, 11) is 0. The number of nitrogens with one attached hydrogen (secondary N) is 2. The Bertz CT molecular complexity index is 614. The molecule has 2 heterocycles. The van der Waals surface area contributed by atoms with Crippen LogP contribution in [0.1, 0.15) is 27.6 Å². The summed E-state index contributed by atoms with van der Waals surface area (Å²) in [6, 6.07) is 3.47. The monoisotopic (exact) mass is 247 g/mol. The van der Waals surface area contributed by atoms with Gasteiger partial charge in [0.25, 0.3) is 11.5 Å². The second kappa shape index (κ2) is 4.87. The van der Waals surface area contributed by atoms with Crippen LogP contribution in [0, 0.1) is 13.8 Å². The van der Waals surface area contributed by atoms with Crippen molar-refractivity contribution in [1.29, 1.82) is 0 Å². The van der Waals surface area contributed by atoms with Crippen molar-refractivity contribution in [1.82, 2.24) is 15.3 Å². The minimum atomic E-state index is -0.461. The second-order valence-electron chi connectivity index (χ2n) is 3.87. The number of hydrogen-bond donors (Lipinski definition) is 2. The van der Waals surface area contributed by atoms with Crippen LogP contribution in [0.2, 0.25) is 0 Å². The van der Waals surface area contributed by atoms with Crippen molar-refractivity contribution in [2.75, 3.05) is 0 Å². The Hall–Kier alpha value is -2.37. The van der Waals surface area contributed by atoms with Crippen LogP contribution in [0.4, 0.5) is 0 Å². The summed E-state index contributed by atoms with van der Waals surface area (Å²) in [5, 5.41) is 2.61. The number of amides is 1. The number of furan rings is 1. The Kier molecular flexibility index (Phi) is 3.27. The lowest BCUT2D eigenvalue weighted by Crippen LogP contribution is -2.31. The molecule has 6 nitrogen and oxygen atoms in total. The van der Waals surface area contributed by atoms with E-state index in [2.05, 4.69) is 15.3 Å². The average molecular weight is 247 g/mol. The quantitative estimate of drug-likeness (QED) is 0.843. The Labute approximate surface area is 103 Å². The fourth-order valence-corrected chi connectivity index (χ4v) is 1.66. The molecule has 0 atom stereocenters. The summed E-state index contributed by atoms with van der Waals surface area (Å²) < 4.78 is 5.08. The Balaban J connectivity index is 2.17. The predicted octanol–water partition coefficient (Wildman–Crippen LogP) is 0.910. The molecule has 2 rings (SSSR count). The molecule has 0 radical (unpaired) electrons. The average Bonchev–Trinajstić information content (AvgIpc) is 2.77. The minimum Gasteiger partial charge on any atom is -0.467 e. The van der Waals surface area contributed by atoms with Crippen molar-refractivity contribution in [3.05, 3.63) is 51.6 Å². The third kappa shape index (κ3) is 2.48. The van der Waals surface area contributed by atoms with Gasteiger partial charge in [-0.05, 0) is 26.0 Å². The molecule has 0 saturated carbocycles. The summed E-state index contributed by atoms with van der Waals surface area (Å²) in [5.74, 6) is 0.648. The smallest absolute Gasteiger partial charge is 0.264 e. The van der Waals surface area contributed by atoms with Crippen molar-refractivity contribution in [2.45, 2.75) is 20.4 Å². The van der Waals surface area contributed by atoms with E-state index in [-0.39, 0.29) is 12.1 Å². The largest absolute Gasteiger partial charge is 0.467 e. The van der Waals surface area contributed by atoms with E-state index in [1.807, 2.05) is 0 Å². The van der Waals surface area contributed by atoms with Crippen LogP contribution >= 0.6 is 0 Å². The molecule has 0 aromatic carbocycles. The van der Waals surface area contributed by atoms with Crippen molar-refractivity contribution in [2.24, 2.45) is 0 Å². The molecule has 2 aromatic heterocycles. The predicted molar refractivity (Wildman–Crippen MR) is 64.2 cm³/mol. The van der Waals surface area contributed by atoms with E-state index in [0.717, 1.165) is 0 Å². The molecule has 0 aliphatic heterocycles. The zero-order valence-corrected chi connectivity index (χ0v) is 10.1. The van der Waals surface area contributed by atoms with E-state index >= 15 is 0 Å². The van der Waals surface area contributed by atoms with Gasteiger partial charge in [0.15, 0.2) is 0 Å². The molecular formula is C12H13N3O3. The number of aryl methyl sites for hydroxylation is 2.